The maximum atomic E-state index is 14.4. The number of carbonyl (C=O) groups is 4. The Morgan fingerprint density at radius 1 is 0.868 bits per heavy atom. The molecule has 3 fully saturated rings. The predicted molar refractivity (Wildman–Crippen MR) is 254 cm³/mol. The normalized spacial score (nSPS) is 38.4. The minimum atomic E-state index is -2.50. The van der Waals surface area contributed by atoms with Crippen molar-refractivity contribution in [2.24, 2.45) is 29.6 Å². The quantitative estimate of drug-likeness (QED) is 0.0533. The largest absolute Gasteiger partial charge is 0.481 e. The van der Waals surface area contributed by atoms with Crippen molar-refractivity contribution in [3.05, 3.63) is 36.0 Å². The second-order valence-corrected chi connectivity index (χ2v) is 20.4. The fourth-order valence-electron chi connectivity index (χ4n) is 11.0. The average molecular weight is 964 g/mol. The second kappa shape index (κ2) is 27.5. The maximum Gasteiger partial charge on any atom is 0.306 e. The van der Waals surface area contributed by atoms with Crippen LogP contribution >= 0.6 is 0 Å². The van der Waals surface area contributed by atoms with Crippen molar-refractivity contribution in [3.8, 4) is 0 Å². The van der Waals surface area contributed by atoms with Crippen molar-refractivity contribution in [2.75, 3.05) is 27.9 Å². The molecule has 5 N–H and O–H groups in total. The molecule has 1 saturated carbocycles. The van der Waals surface area contributed by atoms with E-state index in [0.717, 1.165) is 18.4 Å². The molecule has 16 atom stereocenters. The van der Waals surface area contributed by atoms with E-state index in [1.807, 2.05) is 26.0 Å². The second-order valence-electron chi connectivity index (χ2n) is 20.4. The van der Waals surface area contributed by atoms with Gasteiger partial charge in [0.2, 0.25) is 5.79 Å². The number of aliphatic carboxylic acids is 1. The lowest BCUT2D eigenvalue weighted by molar-refractivity contribution is -0.302. The van der Waals surface area contributed by atoms with Gasteiger partial charge in [0, 0.05) is 64.9 Å². The van der Waals surface area contributed by atoms with Gasteiger partial charge in [-0.2, -0.15) is 0 Å². The Hall–Kier alpha value is -3.06. The lowest BCUT2D eigenvalue weighted by Crippen LogP contribution is -2.64. The highest BCUT2D eigenvalue weighted by atomic mass is 16.7. The molecular formula is C52H85NO15. The van der Waals surface area contributed by atoms with E-state index in [9.17, 15) is 39.6 Å². The highest BCUT2D eigenvalue weighted by Gasteiger charge is 2.56. The number of rotatable bonds is 15. The number of unbranched alkanes of at least 4 members (excludes halogenated alkanes) is 3. The zero-order valence-corrected chi connectivity index (χ0v) is 42.1. The SMILES string of the molecule is C=CC[C@@H]1/C=C(\C)C[C@H](C)C[C@H](OC)[C@H]2O[C@@](O)(C(=O)C(=O)N3CCCC[C@H]3C(O)O[C@H](/C(C)=C/[C@@H]3CC[C@@H](OC(=O)CCCCCCC(=O)O)[C@H](OC)C3)[C@H](C)[C@@H](O)CC1O)[C@H](C)C[C@@H]2OC. The van der Waals surface area contributed by atoms with Crippen molar-refractivity contribution < 1.29 is 73.1 Å². The fourth-order valence-corrected chi connectivity index (χ4v) is 11.0. The molecule has 2 bridgehead atoms. The number of aliphatic hydroxyl groups is 4. The van der Waals surface area contributed by atoms with Crippen molar-refractivity contribution >= 4 is 23.6 Å². The van der Waals surface area contributed by atoms with Gasteiger partial charge in [-0.15, -0.1) is 6.58 Å². The summed E-state index contributed by atoms with van der Waals surface area (Å²) in [5, 5.41) is 56.8. The molecule has 0 radical (unpaired) electrons. The van der Waals surface area contributed by atoms with Crippen LogP contribution < -0.4 is 0 Å². The van der Waals surface area contributed by atoms with Crippen LogP contribution in [-0.2, 0) is 47.6 Å². The molecule has 68 heavy (non-hydrogen) atoms. The van der Waals surface area contributed by atoms with Crippen LogP contribution in [0.4, 0.5) is 0 Å². The first kappa shape index (κ1) is 57.5. The van der Waals surface area contributed by atoms with E-state index >= 15 is 0 Å². The number of ether oxygens (including phenoxy) is 6. The highest BCUT2D eigenvalue weighted by molar-refractivity contribution is 6.38. The summed E-state index contributed by atoms with van der Waals surface area (Å²) in [6.45, 7) is 13.4. The fraction of sp³-hybridized carbons (Fsp3) is 0.808. The van der Waals surface area contributed by atoms with Gasteiger partial charge in [0.15, 0.2) is 6.29 Å². The number of carbonyl (C=O) groups excluding carboxylic acids is 3. The van der Waals surface area contributed by atoms with Crippen LogP contribution in [0.2, 0.25) is 0 Å². The van der Waals surface area contributed by atoms with E-state index in [1.54, 1.807) is 27.0 Å². The molecule has 2 saturated heterocycles. The van der Waals surface area contributed by atoms with Crippen molar-refractivity contribution in [2.45, 2.75) is 211 Å². The molecule has 1 aliphatic carbocycles. The van der Waals surface area contributed by atoms with Gasteiger partial charge < -0.3 is 58.9 Å². The first-order chi connectivity index (χ1) is 32.3. The van der Waals surface area contributed by atoms with Crippen LogP contribution in [0.1, 0.15) is 144 Å². The number of methoxy groups -OCH3 is 3. The molecule has 3 aliphatic heterocycles. The number of amides is 1. The van der Waals surface area contributed by atoms with Gasteiger partial charge in [0.05, 0.1) is 42.7 Å². The third-order valence-corrected chi connectivity index (χ3v) is 15.0. The number of Topliss-reactive ketones (excluding diaryl/α,β-unsaturated/α-hetero) is 1. The zero-order chi connectivity index (χ0) is 50.3. The van der Waals surface area contributed by atoms with Crippen LogP contribution in [0.25, 0.3) is 0 Å². The first-order valence-corrected chi connectivity index (χ1v) is 25.2. The van der Waals surface area contributed by atoms with E-state index in [0.29, 0.717) is 76.2 Å². The maximum absolute atomic E-state index is 14.4. The Bertz CT molecular complexity index is 1700. The molecule has 4 rings (SSSR count). The summed E-state index contributed by atoms with van der Waals surface area (Å²) in [5.41, 5.74) is 1.71. The molecule has 388 valence electrons. The van der Waals surface area contributed by atoms with E-state index in [4.69, 9.17) is 33.5 Å². The molecule has 0 aromatic rings. The number of piperidine rings is 1. The van der Waals surface area contributed by atoms with E-state index < -0.39 is 96.4 Å². The Labute approximate surface area is 404 Å². The molecule has 0 aromatic carbocycles. The summed E-state index contributed by atoms with van der Waals surface area (Å²) in [5.74, 6) is -7.70. The summed E-state index contributed by atoms with van der Waals surface area (Å²) < 4.78 is 36.4. The molecule has 2 unspecified atom stereocenters. The number of nitrogens with zero attached hydrogens (tertiary/aromatic N) is 1. The third-order valence-electron chi connectivity index (χ3n) is 15.0. The standard InChI is InChI=1S/C52H85NO15/c1-10-17-37-25-31(2)24-32(3)26-43(64-8)48-44(65-9)28-34(5)52(62,68-48)49(59)50(60)53-23-16-15-18-38(53)51(61)67-47(35(6)39(54)30-40(37)55)33(4)27-36-21-22-41(42(29-36)63-7)66-46(58)20-14-12-11-13-19-45(56)57/h10,25,27,32,34-44,47-48,51,54-55,61-62H,1,11-24,26,28-30H2,2-9H3,(H,56,57)/b31-25+,33-27+/t32-,34+,35+,36-,37+,38-,39-,40?,41+,42+,43-,44-,47+,48+,51?,52+/m0/s1. The number of aliphatic hydroxyl groups excluding tert-OH is 3. The summed E-state index contributed by atoms with van der Waals surface area (Å²) in [7, 11) is 4.65. The third kappa shape index (κ3) is 15.7. The van der Waals surface area contributed by atoms with Gasteiger partial charge >= 0.3 is 11.9 Å². The minimum Gasteiger partial charge on any atom is -0.481 e. The van der Waals surface area contributed by atoms with E-state index in [1.165, 1.54) is 19.1 Å². The minimum absolute atomic E-state index is 0.00468. The van der Waals surface area contributed by atoms with E-state index in [-0.39, 0.29) is 56.0 Å². The number of hydrogen-bond donors (Lipinski definition) is 5. The van der Waals surface area contributed by atoms with Gasteiger partial charge in [0.1, 0.15) is 12.2 Å². The van der Waals surface area contributed by atoms with Gasteiger partial charge in [-0.3, -0.25) is 19.2 Å². The number of fused-ring (bicyclic) bond motifs is 3. The molecule has 0 spiro atoms. The topological polar surface area (TPSA) is 228 Å². The summed E-state index contributed by atoms with van der Waals surface area (Å²) in [6.07, 6.45) is 6.24. The van der Waals surface area contributed by atoms with Crippen molar-refractivity contribution in [3.63, 3.8) is 0 Å². The van der Waals surface area contributed by atoms with Crippen LogP contribution in [-0.4, -0.2) is 149 Å². The van der Waals surface area contributed by atoms with Gasteiger partial charge in [0.25, 0.3) is 11.7 Å². The summed E-state index contributed by atoms with van der Waals surface area (Å²) >= 11 is 0. The zero-order valence-electron chi connectivity index (χ0n) is 42.1. The van der Waals surface area contributed by atoms with Crippen molar-refractivity contribution in [1.82, 2.24) is 4.90 Å². The number of ketones is 1. The number of carboxylic acids is 1. The Morgan fingerprint density at radius 2 is 1.53 bits per heavy atom. The summed E-state index contributed by atoms with van der Waals surface area (Å²) in [6, 6.07) is -0.977. The van der Waals surface area contributed by atoms with Gasteiger partial charge in [-0.05, 0) is 108 Å². The molecular weight excluding hydrogens is 879 g/mol. The van der Waals surface area contributed by atoms with Crippen LogP contribution in [0.3, 0.4) is 0 Å². The summed E-state index contributed by atoms with van der Waals surface area (Å²) in [4.78, 5) is 53.7. The van der Waals surface area contributed by atoms with Crippen molar-refractivity contribution in [1.29, 1.82) is 0 Å². The Balaban J connectivity index is 1.65. The Morgan fingerprint density at radius 3 is 2.18 bits per heavy atom. The molecule has 16 nitrogen and oxygen atoms in total. The lowest BCUT2D eigenvalue weighted by atomic mass is 9.81. The lowest BCUT2D eigenvalue weighted by Gasteiger charge is -2.47. The first-order valence-electron chi connectivity index (χ1n) is 25.2. The number of esters is 1. The van der Waals surface area contributed by atoms with Crippen LogP contribution in [0, 0.1) is 29.6 Å². The molecule has 16 heteroatoms. The van der Waals surface area contributed by atoms with Gasteiger partial charge in [-0.1, -0.05) is 57.4 Å². The molecule has 3 heterocycles. The number of allylic oxidation sites excluding steroid dienone is 3. The monoisotopic (exact) mass is 964 g/mol. The number of hydrogen-bond acceptors (Lipinski definition) is 14. The van der Waals surface area contributed by atoms with Crippen LogP contribution in [0.15, 0.2) is 36.0 Å². The molecule has 1 amide bonds. The smallest absolute Gasteiger partial charge is 0.306 e. The Kier molecular flexibility index (Phi) is 23.3. The van der Waals surface area contributed by atoms with E-state index in [2.05, 4.69) is 13.5 Å². The highest BCUT2D eigenvalue weighted by Crippen LogP contribution is 2.40. The molecule has 4 aliphatic rings. The number of carboxylic acid groups (broad SMARTS) is 1. The molecule has 0 aromatic heterocycles. The average Bonchev–Trinajstić information content (AvgIpc) is 3.30. The van der Waals surface area contributed by atoms with Crippen LogP contribution in [0.5, 0.6) is 0 Å². The predicted octanol–water partition coefficient (Wildman–Crippen LogP) is 6.20. The van der Waals surface area contributed by atoms with Gasteiger partial charge in [-0.25, -0.2) is 0 Å².